The van der Waals surface area contributed by atoms with Crippen LogP contribution in [0, 0.1) is 0 Å². The molecule has 1 saturated heterocycles. The molecule has 8 heteroatoms. The largest absolute Gasteiger partial charge is 0.480 e. The molecule has 0 spiro atoms. The summed E-state index contributed by atoms with van der Waals surface area (Å²) in [6, 6.07) is 9.41. The number of piperazine rings is 1. The molecule has 0 aliphatic carbocycles. The highest BCUT2D eigenvalue weighted by Crippen LogP contribution is 2.29. The molecule has 3 aromatic rings. The molecule has 1 aliphatic heterocycles. The Bertz CT molecular complexity index is 1080. The van der Waals surface area contributed by atoms with Crippen LogP contribution in [-0.4, -0.2) is 66.0 Å². The molecule has 4 rings (SSSR count). The number of fused-ring (bicyclic) bond motifs is 1. The van der Waals surface area contributed by atoms with Gasteiger partial charge in [0.25, 0.3) is 5.91 Å². The quantitative estimate of drug-likeness (QED) is 0.700. The number of nitrogens with two attached hydrogens (primary N) is 2. The third-order valence-corrected chi connectivity index (χ3v) is 5.27. The fourth-order valence-electron chi connectivity index (χ4n) is 3.52. The number of hydrogen-bond acceptors (Lipinski definition) is 7. The smallest absolute Gasteiger partial charge is 0.257 e. The first kappa shape index (κ1) is 18.9. The fraction of sp³-hybridized carbons (Fsp3) is 0.286. The van der Waals surface area contributed by atoms with Gasteiger partial charge >= 0.3 is 0 Å². The molecule has 2 aromatic heterocycles. The predicted octanol–water partition coefficient (Wildman–Crippen LogP) is 1.86. The molecule has 3 heterocycles. The van der Waals surface area contributed by atoms with Crippen LogP contribution in [0.5, 0.6) is 5.88 Å². The molecule has 8 nitrogen and oxygen atoms in total. The summed E-state index contributed by atoms with van der Waals surface area (Å²) in [7, 11) is 3.58. The molecular formula is C21H24N6O2. The molecule has 0 radical (unpaired) electrons. The zero-order valence-corrected chi connectivity index (χ0v) is 16.6. The molecule has 4 N–H and O–H groups in total. The molecule has 1 aliphatic rings. The molecule has 1 aromatic carbocycles. The molecule has 1 amide bonds. The monoisotopic (exact) mass is 392 g/mol. The van der Waals surface area contributed by atoms with E-state index in [4.69, 9.17) is 16.2 Å². The van der Waals surface area contributed by atoms with E-state index >= 15 is 0 Å². The first-order chi connectivity index (χ1) is 14.0. The van der Waals surface area contributed by atoms with Crippen molar-refractivity contribution in [3.8, 4) is 17.0 Å². The lowest BCUT2D eigenvalue weighted by Crippen LogP contribution is -2.47. The van der Waals surface area contributed by atoms with Crippen LogP contribution in [0.15, 0.2) is 36.5 Å². The van der Waals surface area contributed by atoms with Gasteiger partial charge in [-0.3, -0.25) is 4.79 Å². The summed E-state index contributed by atoms with van der Waals surface area (Å²) < 4.78 is 5.12. The van der Waals surface area contributed by atoms with Crippen LogP contribution in [-0.2, 0) is 0 Å². The van der Waals surface area contributed by atoms with Gasteiger partial charge in [0.2, 0.25) is 5.88 Å². The van der Waals surface area contributed by atoms with Gasteiger partial charge in [-0.05, 0) is 36.9 Å². The van der Waals surface area contributed by atoms with Crippen LogP contribution in [0.1, 0.15) is 10.4 Å². The number of anilines is 2. The van der Waals surface area contributed by atoms with Gasteiger partial charge in [0.05, 0.1) is 23.9 Å². The number of carbonyl (C=O) groups is 1. The van der Waals surface area contributed by atoms with Gasteiger partial charge in [-0.1, -0.05) is 6.07 Å². The minimum absolute atomic E-state index is 0.0780. The van der Waals surface area contributed by atoms with Crippen molar-refractivity contribution < 1.29 is 9.53 Å². The van der Waals surface area contributed by atoms with E-state index < -0.39 is 0 Å². The lowest BCUT2D eigenvalue weighted by molar-refractivity contribution is 0.0665. The van der Waals surface area contributed by atoms with E-state index in [0.29, 0.717) is 30.2 Å². The van der Waals surface area contributed by atoms with Gasteiger partial charge in [-0.15, -0.1) is 0 Å². The second-order valence-electron chi connectivity index (χ2n) is 7.25. The lowest BCUT2D eigenvalue weighted by atomic mass is 10.0. The topological polar surface area (TPSA) is 111 Å². The summed E-state index contributed by atoms with van der Waals surface area (Å²) in [5, 5.41) is 0.837. The molecule has 150 valence electrons. The number of methoxy groups -OCH3 is 1. The third kappa shape index (κ3) is 3.66. The number of carbonyl (C=O) groups excluding carboxylic acids is 1. The van der Waals surface area contributed by atoms with Crippen LogP contribution in [0.3, 0.4) is 0 Å². The van der Waals surface area contributed by atoms with Crippen molar-refractivity contribution in [3.05, 3.63) is 42.1 Å². The van der Waals surface area contributed by atoms with Gasteiger partial charge in [0, 0.05) is 43.3 Å². The Morgan fingerprint density at radius 2 is 1.83 bits per heavy atom. The Balaban J connectivity index is 1.70. The highest BCUT2D eigenvalue weighted by molar-refractivity contribution is 6.02. The molecule has 0 atom stereocenters. The van der Waals surface area contributed by atoms with Crippen LogP contribution in [0.25, 0.3) is 22.0 Å². The van der Waals surface area contributed by atoms with E-state index in [1.807, 2.05) is 35.2 Å². The Morgan fingerprint density at radius 3 is 2.52 bits per heavy atom. The molecule has 0 bridgehead atoms. The van der Waals surface area contributed by atoms with Crippen LogP contribution in [0.4, 0.5) is 11.5 Å². The zero-order valence-electron chi connectivity index (χ0n) is 16.6. The van der Waals surface area contributed by atoms with E-state index in [1.54, 1.807) is 6.20 Å². The number of hydrogen-bond donors (Lipinski definition) is 2. The number of aromatic nitrogens is 2. The minimum Gasteiger partial charge on any atom is -0.480 e. The number of benzene rings is 1. The minimum atomic E-state index is -0.0780. The normalized spacial score (nSPS) is 14.9. The van der Waals surface area contributed by atoms with Crippen molar-refractivity contribution in [1.82, 2.24) is 19.8 Å². The average molecular weight is 392 g/mol. The van der Waals surface area contributed by atoms with Gasteiger partial charge in [-0.2, -0.15) is 0 Å². The number of amides is 1. The van der Waals surface area contributed by atoms with E-state index in [0.717, 1.165) is 35.1 Å². The van der Waals surface area contributed by atoms with Gasteiger partial charge in [0.1, 0.15) is 5.82 Å². The zero-order chi connectivity index (χ0) is 20.5. The number of rotatable bonds is 3. The molecule has 0 saturated carbocycles. The van der Waals surface area contributed by atoms with Crippen molar-refractivity contribution in [2.45, 2.75) is 0 Å². The maximum atomic E-state index is 13.0. The number of pyridine rings is 2. The Kier molecular flexibility index (Phi) is 4.94. The van der Waals surface area contributed by atoms with E-state index in [1.165, 1.54) is 7.11 Å². The second-order valence-corrected chi connectivity index (χ2v) is 7.25. The number of nitrogens with zero attached hydrogens (tertiary/aromatic N) is 4. The van der Waals surface area contributed by atoms with Crippen molar-refractivity contribution in [2.75, 3.05) is 51.8 Å². The third-order valence-electron chi connectivity index (χ3n) is 5.27. The van der Waals surface area contributed by atoms with Gasteiger partial charge in [0.15, 0.2) is 0 Å². The standard InChI is InChI=1S/C21H24N6O2/c1-26-5-7-27(8-6-26)21(28)16-10-14-9-13(3-4-18(14)25-19(16)23)15-11-17(22)20(29-2)24-12-15/h3-4,9-12H,5-8,22H2,1-2H3,(H2,23,25). The van der Waals surface area contributed by atoms with E-state index in [9.17, 15) is 4.79 Å². The SMILES string of the molecule is COc1ncc(-c2ccc3nc(N)c(C(=O)N4CCN(C)CC4)cc3c2)cc1N. The van der Waals surface area contributed by atoms with Crippen LogP contribution >= 0.6 is 0 Å². The summed E-state index contributed by atoms with van der Waals surface area (Å²) in [4.78, 5) is 25.7. The van der Waals surface area contributed by atoms with Crippen molar-refractivity contribution >= 4 is 28.3 Å². The van der Waals surface area contributed by atoms with Crippen molar-refractivity contribution in [2.24, 2.45) is 0 Å². The first-order valence-electron chi connectivity index (χ1n) is 9.44. The summed E-state index contributed by atoms with van der Waals surface area (Å²) in [6.45, 7) is 3.07. The second kappa shape index (κ2) is 7.56. The summed E-state index contributed by atoms with van der Waals surface area (Å²) in [5.41, 5.74) is 15.5. The van der Waals surface area contributed by atoms with Gasteiger partial charge < -0.3 is 26.0 Å². The average Bonchev–Trinajstić information content (AvgIpc) is 2.73. The number of likely N-dealkylation sites (N-methyl/N-ethyl adjacent to an activating group) is 1. The highest BCUT2D eigenvalue weighted by Gasteiger charge is 2.23. The van der Waals surface area contributed by atoms with Crippen molar-refractivity contribution in [1.29, 1.82) is 0 Å². The maximum Gasteiger partial charge on any atom is 0.257 e. The van der Waals surface area contributed by atoms with E-state index in [2.05, 4.69) is 21.9 Å². The fourth-order valence-corrected chi connectivity index (χ4v) is 3.52. The van der Waals surface area contributed by atoms with Crippen LogP contribution in [0.2, 0.25) is 0 Å². The summed E-state index contributed by atoms with van der Waals surface area (Å²) >= 11 is 0. The lowest BCUT2D eigenvalue weighted by Gasteiger charge is -2.32. The van der Waals surface area contributed by atoms with Gasteiger partial charge in [-0.25, -0.2) is 9.97 Å². The number of nitrogen functional groups attached to an aromatic ring is 2. The molecular weight excluding hydrogens is 368 g/mol. The van der Waals surface area contributed by atoms with Crippen molar-refractivity contribution in [3.63, 3.8) is 0 Å². The summed E-state index contributed by atoms with van der Waals surface area (Å²) in [5.74, 6) is 0.569. The molecule has 1 fully saturated rings. The molecule has 29 heavy (non-hydrogen) atoms. The Morgan fingerprint density at radius 1 is 1.07 bits per heavy atom. The van der Waals surface area contributed by atoms with Crippen LogP contribution < -0.4 is 16.2 Å². The van der Waals surface area contributed by atoms with E-state index in [-0.39, 0.29) is 11.7 Å². The highest BCUT2D eigenvalue weighted by atomic mass is 16.5. The summed E-state index contributed by atoms with van der Waals surface area (Å²) in [6.07, 6.45) is 1.71. The Labute approximate surface area is 169 Å². The number of ether oxygens (including phenoxy) is 1. The predicted molar refractivity (Wildman–Crippen MR) is 114 cm³/mol. The first-order valence-corrected chi connectivity index (χ1v) is 9.44. The maximum absolute atomic E-state index is 13.0. The Hall–Kier alpha value is -3.39. The molecule has 0 unspecified atom stereocenters.